The van der Waals surface area contributed by atoms with Crippen molar-refractivity contribution >= 4 is 23.4 Å². The summed E-state index contributed by atoms with van der Waals surface area (Å²) in [7, 11) is 0. The molecule has 4 nitrogen and oxygen atoms in total. The van der Waals surface area contributed by atoms with E-state index in [0.717, 1.165) is 17.9 Å². The number of hydrogen-bond acceptors (Lipinski definition) is 4. The Morgan fingerprint density at radius 3 is 2.89 bits per heavy atom. The standard InChI is InChI=1S/C14H21N3OS/c1-10(19-14-12(15)8-5-9-16-14)13(18)17-11-6-3-2-4-7-11/h5,8-11H,2-4,6-7,15H2,1H3,(H,17,18). The van der Waals surface area contributed by atoms with Crippen LogP contribution >= 0.6 is 11.8 Å². The van der Waals surface area contributed by atoms with Gasteiger partial charge in [-0.2, -0.15) is 0 Å². The van der Waals surface area contributed by atoms with Gasteiger partial charge < -0.3 is 11.1 Å². The summed E-state index contributed by atoms with van der Waals surface area (Å²) in [5.41, 5.74) is 6.47. The topological polar surface area (TPSA) is 68.0 Å². The van der Waals surface area contributed by atoms with Gasteiger partial charge in [0.15, 0.2) is 0 Å². The Morgan fingerprint density at radius 1 is 1.47 bits per heavy atom. The number of amides is 1. The van der Waals surface area contributed by atoms with E-state index in [-0.39, 0.29) is 11.2 Å². The summed E-state index contributed by atoms with van der Waals surface area (Å²) < 4.78 is 0. The average molecular weight is 279 g/mol. The zero-order chi connectivity index (χ0) is 13.7. The van der Waals surface area contributed by atoms with Crippen molar-refractivity contribution in [3.63, 3.8) is 0 Å². The van der Waals surface area contributed by atoms with Crippen LogP contribution in [0.5, 0.6) is 0 Å². The lowest BCUT2D eigenvalue weighted by molar-refractivity contribution is -0.121. The average Bonchev–Trinajstić information content (AvgIpc) is 2.42. The molecule has 1 aromatic rings. The summed E-state index contributed by atoms with van der Waals surface area (Å²) in [6, 6.07) is 3.96. The van der Waals surface area contributed by atoms with Crippen molar-refractivity contribution in [1.82, 2.24) is 10.3 Å². The Balaban J connectivity index is 1.87. The third-order valence-corrected chi connectivity index (χ3v) is 4.54. The van der Waals surface area contributed by atoms with Crippen LogP contribution in [0, 0.1) is 0 Å². The second-order valence-corrected chi connectivity index (χ2v) is 6.33. The third kappa shape index (κ3) is 4.13. The van der Waals surface area contributed by atoms with Gasteiger partial charge in [0, 0.05) is 12.2 Å². The molecule has 1 aliphatic carbocycles. The number of nitrogens with two attached hydrogens (primary N) is 1. The highest BCUT2D eigenvalue weighted by Crippen LogP contribution is 2.26. The zero-order valence-corrected chi connectivity index (χ0v) is 12.1. The molecule has 0 aromatic carbocycles. The SMILES string of the molecule is CC(Sc1ncccc1N)C(=O)NC1CCCCC1. The van der Waals surface area contributed by atoms with Gasteiger partial charge in [0.1, 0.15) is 5.03 Å². The highest BCUT2D eigenvalue weighted by atomic mass is 32.2. The summed E-state index contributed by atoms with van der Waals surface area (Å²) in [6.45, 7) is 1.90. The lowest BCUT2D eigenvalue weighted by Gasteiger charge is -2.24. The van der Waals surface area contributed by atoms with Crippen molar-refractivity contribution in [2.24, 2.45) is 0 Å². The fourth-order valence-electron chi connectivity index (χ4n) is 2.29. The molecule has 0 saturated heterocycles. The van der Waals surface area contributed by atoms with Crippen molar-refractivity contribution in [2.75, 3.05) is 5.73 Å². The number of nitrogens with one attached hydrogen (secondary N) is 1. The fraction of sp³-hybridized carbons (Fsp3) is 0.571. The van der Waals surface area contributed by atoms with Crippen molar-refractivity contribution in [1.29, 1.82) is 0 Å². The Hall–Kier alpha value is -1.23. The molecule has 0 radical (unpaired) electrons. The number of pyridine rings is 1. The smallest absolute Gasteiger partial charge is 0.233 e. The molecule has 1 saturated carbocycles. The van der Waals surface area contributed by atoms with Crippen LogP contribution in [0.1, 0.15) is 39.0 Å². The van der Waals surface area contributed by atoms with Gasteiger partial charge in [0.05, 0.1) is 10.9 Å². The van der Waals surface area contributed by atoms with E-state index in [1.54, 1.807) is 18.3 Å². The highest BCUT2D eigenvalue weighted by Gasteiger charge is 2.21. The van der Waals surface area contributed by atoms with Gasteiger partial charge in [-0.15, -0.1) is 0 Å². The number of carbonyl (C=O) groups is 1. The van der Waals surface area contributed by atoms with Crippen LogP contribution < -0.4 is 11.1 Å². The maximum absolute atomic E-state index is 12.1. The van der Waals surface area contributed by atoms with Crippen LogP contribution in [-0.4, -0.2) is 22.2 Å². The van der Waals surface area contributed by atoms with Gasteiger partial charge >= 0.3 is 0 Å². The van der Waals surface area contributed by atoms with E-state index in [0.29, 0.717) is 11.7 Å². The van der Waals surface area contributed by atoms with Gasteiger partial charge in [-0.3, -0.25) is 4.79 Å². The molecule has 19 heavy (non-hydrogen) atoms. The first-order chi connectivity index (χ1) is 9.16. The van der Waals surface area contributed by atoms with Crippen LogP contribution in [-0.2, 0) is 4.79 Å². The van der Waals surface area contributed by atoms with Crippen molar-refractivity contribution in [3.05, 3.63) is 18.3 Å². The van der Waals surface area contributed by atoms with Crippen LogP contribution in [0.3, 0.4) is 0 Å². The number of hydrogen-bond donors (Lipinski definition) is 2. The number of carbonyl (C=O) groups excluding carboxylic acids is 1. The molecule has 104 valence electrons. The van der Waals surface area contributed by atoms with Crippen molar-refractivity contribution in [2.45, 2.75) is 55.3 Å². The van der Waals surface area contributed by atoms with Gasteiger partial charge in [-0.1, -0.05) is 31.0 Å². The van der Waals surface area contributed by atoms with Crippen LogP contribution in [0.25, 0.3) is 0 Å². The zero-order valence-electron chi connectivity index (χ0n) is 11.3. The highest BCUT2D eigenvalue weighted by molar-refractivity contribution is 8.00. The molecule has 1 aliphatic rings. The van der Waals surface area contributed by atoms with E-state index in [1.165, 1.54) is 31.0 Å². The monoisotopic (exact) mass is 279 g/mol. The van der Waals surface area contributed by atoms with E-state index in [4.69, 9.17) is 5.73 Å². The van der Waals surface area contributed by atoms with E-state index < -0.39 is 0 Å². The van der Waals surface area contributed by atoms with Crippen LogP contribution in [0.2, 0.25) is 0 Å². The number of aromatic nitrogens is 1. The Kier molecular flexibility index (Phi) is 5.07. The number of thioether (sulfide) groups is 1. The maximum Gasteiger partial charge on any atom is 0.233 e. The number of nitrogen functional groups attached to an aromatic ring is 1. The van der Waals surface area contributed by atoms with E-state index >= 15 is 0 Å². The quantitative estimate of drug-likeness (QED) is 0.831. The minimum atomic E-state index is -0.167. The molecule has 1 amide bonds. The fourth-order valence-corrected chi connectivity index (χ4v) is 3.12. The Bertz CT molecular complexity index is 432. The molecule has 1 atom stereocenters. The second kappa shape index (κ2) is 6.80. The molecule has 1 aromatic heterocycles. The summed E-state index contributed by atoms with van der Waals surface area (Å²) in [4.78, 5) is 16.3. The van der Waals surface area contributed by atoms with Crippen molar-refractivity contribution in [3.8, 4) is 0 Å². The summed E-state index contributed by atoms with van der Waals surface area (Å²) in [5, 5.41) is 3.69. The normalized spacial score (nSPS) is 17.9. The predicted molar refractivity (Wildman–Crippen MR) is 79.0 cm³/mol. The summed E-state index contributed by atoms with van der Waals surface area (Å²) in [6.07, 6.45) is 7.65. The molecule has 1 fully saturated rings. The molecular weight excluding hydrogens is 258 g/mol. The van der Waals surface area contributed by atoms with Crippen molar-refractivity contribution < 1.29 is 4.79 Å². The molecule has 3 N–H and O–H groups in total. The third-order valence-electron chi connectivity index (χ3n) is 3.41. The van der Waals surface area contributed by atoms with Gasteiger partial charge in [-0.25, -0.2) is 4.98 Å². The molecule has 1 heterocycles. The minimum Gasteiger partial charge on any atom is -0.397 e. The van der Waals surface area contributed by atoms with E-state index in [2.05, 4.69) is 10.3 Å². The molecule has 5 heteroatoms. The number of rotatable bonds is 4. The summed E-state index contributed by atoms with van der Waals surface area (Å²) in [5.74, 6) is 0.0851. The lowest BCUT2D eigenvalue weighted by atomic mass is 9.95. The lowest BCUT2D eigenvalue weighted by Crippen LogP contribution is -2.40. The molecule has 0 aliphatic heterocycles. The Labute approximate surface area is 118 Å². The first-order valence-electron chi connectivity index (χ1n) is 6.84. The molecule has 2 rings (SSSR count). The van der Waals surface area contributed by atoms with Gasteiger partial charge in [0.2, 0.25) is 5.91 Å². The maximum atomic E-state index is 12.1. The first-order valence-corrected chi connectivity index (χ1v) is 7.72. The van der Waals surface area contributed by atoms with E-state index in [1.807, 2.05) is 6.92 Å². The van der Waals surface area contributed by atoms with E-state index in [9.17, 15) is 4.79 Å². The number of anilines is 1. The second-order valence-electron chi connectivity index (χ2n) is 5.00. The first kappa shape index (κ1) is 14.2. The van der Waals surface area contributed by atoms with Crippen LogP contribution in [0.4, 0.5) is 5.69 Å². The Morgan fingerprint density at radius 2 is 2.21 bits per heavy atom. The largest absolute Gasteiger partial charge is 0.397 e. The van der Waals surface area contributed by atoms with Gasteiger partial charge in [0.25, 0.3) is 0 Å². The minimum absolute atomic E-state index is 0.0851. The molecule has 0 bridgehead atoms. The van der Waals surface area contributed by atoms with Crippen LogP contribution in [0.15, 0.2) is 23.4 Å². The molecule has 0 spiro atoms. The van der Waals surface area contributed by atoms with Gasteiger partial charge in [-0.05, 0) is 31.9 Å². The predicted octanol–water partition coefficient (Wildman–Crippen LogP) is 2.59. The molecule has 1 unspecified atom stereocenters. The molecular formula is C14H21N3OS. The number of nitrogens with zero attached hydrogens (tertiary/aromatic N) is 1. The summed E-state index contributed by atoms with van der Waals surface area (Å²) >= 11 is 1.42.